The Morgan fingerprint density at radius 2 is 1.37 bits per heavy atom. The van der Waals surface area contributed by atoms with Gasteiger partial charge in [0.2, 0.25) is 0 Å². The van der Waals surface area contributed by atoms with E-state index in [-0.39, 0.29) is 0 Å². The molecule has 0 amide bonds. The van der Waals surface area contributed by atoms with Gasteiger partial charge in [0, 0.05) is 0 Å². The SMILES string of the molecule is N[C@@H](CC(=O)O)C(=O)O.O=C(O)CC(O)(O)C(=O)O. The molecule has 0 fully saturated rings. The van der Waals surface area contributed by atoms with Gasteiger partial charge in [-0.15, -0.1) is 0 Å². The molecule has 0 aromatic rings. The normalized spacial score (nSPS) is 11.7. The van der Waals surface area contributed by atoms with Gasteiger partial charge in [-0.25, -0.2) is 4.79 Å². The van der Waals surface area contributed by atoms with Gasteiger partial charge in [0.25, 0.3) is 5.79 Å². The zero-order valence-corrected chi connectivity index (χ0v) is 9.39. The lowest BCUT2D eigenvalue weighted by atomic mass is 10.2. The Kier molecular flexibility index (Phi) is 8.01. The summed E-state index contributed by atoms with van der Waals surface area (Å²) in [7, 11) is 0. The number of carboxylic acid groups (broad SMARTS) is 4. The van der Waals surface area contributed by atoms with Gasteiger partial charge >= 0.3 is 23.9 Å². The Bertz CT molecular complexity index is 363. The molecule has 0 saturated carbocycles. The van der Waals surface area contributed by atoms with Crippen molar-refractivity contribution in [3.63, 3.8) is 0 Å². The maximum Gasteiger partial charge on any atom is 0.364 e. The summed E-state index contributed by atoms with van der Waals surface area (Å²) in [5.74, 6) is -9.23. The van der Waals surface area contributed by atoms with Crippen molar-refractivity contribution in [2.75, 3.05) is 0 Å². The molecule has 0 aliphatic carbocycles. The Labute approximate surface area is 105 Å². The summed E-state index contributed by atoms with van der Waals surface area (Å²) in [6.07, 6.45) is -1.77. The van der Waals surface area contributed by atoms with Crippen LogP contribution in [0.25, 0.3) is 0 Å². The lowest BCUT2D eigenvalue weighted by Crippen LogP contribution is -2.40. The minimum Gasteiger partial charge on any atom is -0.481 e. The Morgan fingerprint density at radius 1 is 0.947 bits per heavy atom. The average molecular weight is 283 g/mol. The quantitative estimate of drug-likeness (QED) is 0.245. The maximum absolute atomic E-state index is 9.85. The van der Waals surface area contributed by atoms with E-state index in [0.29, 0.717) is 0 Å². The number of carboxylic acids is 4. The summed E-state index contributed by atoms with van der Waals surface area (Å²) in [5, 5.41) is 48.5. The van der Waals surface area contributed by atoms with Gasteiger partial charge in [0.05, 0.1) is 6.42 Å². The molecule has 11 heteroatoms. The summed E-state index contributed by atoms with van der Waals surface area (Å²) >= 11 is 0. The number of nitrogens with two attached hydrogens (primary N) is 1. The standard InChI is InChI=1S/C4H7NO4.C4H6O6/c5-2(4(8)9)1-3(6)7;5-2(6)1-4(9,10)3(7)8/h2H,1,5H2,(H,6,7)(H,8,9);9-10H,1H2,(H,5,6)(H,7,8)/t2-;/m0./s1. The van der Waals surface area contributed by atoms with Crippen molar-refractivity contribution in [2.24, 2.45) is 5.73 Å². The number of hydrogen-bond donors (Lipinski definition) is 7. The summed E-state index contributed by atoms with van der Waals surface area (Å²) in [6, 6.07) is -1.29. The number of carbonyl (C=O) groups is 4. The molecule has 0 heterocycles. The van der Waals surface area contributed by atoms with Crippen LogP contribution in [0.2, 0.25) is 0 Å². The lowest BCUT2D eigenvalue weighted by molar-refractivity contribution is -0.208. The van der Waals surface area contributed by atoms with E-state index in [1.54, 1.807) is 0 Å². The predicted molar refractivity (Wildman–Crippen MR) is 54.9 cm³/mol. The molecular formula is C8H13NO10. The van der Waals surface area contributed by atoms with E-state index in [0.717, 1.165) is 0 Å². The molecule has 0 aliphatic rings. The van der Waals surface area contributed by atoms with E-state index < -0.39 is 48.5 Å². The van der Waals surface area contributed by atoms with E-state index >= 15 is 0 Å². The zero-order chi connectivity index (χ0) is 15.8. The van der Waals surface area contributed by atoms with Crippen LogP contribution in [0.5, 0.6) is 0 Å². The van der Waals surface area contributed by atoms with Crippen LogP contribution in [-0.2, 0) is 19.2 Å². The molecule has 0 rings (SSSR count). The van der Waals surface area contributed by atoms with Crippen molar-refractivity contribution < 1.29 is 49.8 Å². The first-order chi connectivity index (χ1) is 8.40. The largest absolute Gasteiger partial charge is 0.481 e. The highest BCUT2D eigenvalue weighted by Gasteiger charge is 2.35. The molecule has 8 N–H and O–H groups in total. The molecule has 1 atom stereocenters. The van der Waals surface area contributed by atoms with Crippen LogP contribution < -0.4 is 5.73 Å². The highest BCUT2D eigenvalue weighted by atomic mass is 16.5. The van der Waals surface area contributed by atoms with Gasteiger partial charge in [0.15, 0.2) is 0 Å². The van der Waals surface area contributed by atoms with E-state index in [1.165, 1.54) is 0 Å². The Morgan fingerprint density at radius 3 is 1.47 bits per heavy atom. The van der Waals surface area contributed by atoms with Crippen molar-refractivity contribution in [1.82, 2.24) is 0 Å². The molecule has 11 nitrogen and oxygen atoms in total. The molecule has 110 valence electrons. The van der Waals surface area contributed by atoms with Crippen LogP contribution in [0.3, 0.4) is 0 Å². The van der Waals surface area contributed by atoms with Crippen molar-refractivity contribution in [3.05, 3.63) is 0 Å². The Hall–Kier alpha value is -2.24. The molecule has 0 bridgehead atoms. The fourth-order valence-electron chi connectivity index (χ4n) is 0.562. The first kappa shape index (κ1) is 19.1. The molecule has 0 aliphatic heterocycles. The zero-order valence-electron chi connectivity index (χ0n) is 9.39. The molecule has 0 radical (unpaired) electrons. The van der Waals surface area contributed by atoms with Crippen LogP contribution in [0.1, 0.15) is 12.8 Å². The first-order valence-electron chi connectivity index (χ1n) is 4.50. The second-order valence-electron chi connectivity index (χ2n) is 3.23. The van der Waals surface area contributed by atoms with Crippen LogP contribution in [0, 0.1) is 0 Å². The second-order valence-corrected chi connectivity index (χ2v) is 3.23. The molecule has 19 heavy (non-hydrogen) atoms. The van der Waals surface area contributed by atoms with Crippen molar-refractivity contribution >= 4 is 23.9 Å². The third-order valence-electron chi connectivity index (χ3n) is 1.45. The maximum atomic E-state index is 9.85. The monoisotopic (exact) mass is 283 g/mol. The van der Waals surface area contributed by atoms with Gasteiger partial charge in [-0.1, -0.05) is 0 Å². The van der Waals surface area contributed by atoms with Crippen molar-refractivity contribution in [1.29, 1.82) is 0 Å². The van der Waals surface area contributed by atoms with E-state index in [9.17, 15) is 19.2 Å². The molecule has 0 saturated heterocycles. The van der Waals surface area contributed by atoms with Crippen molar-refractivity contribution in [3.8, 4) is 0 Å². The van der Waals surface area contributed by atoms with Gasteiger partial charge in [-0.05, 0) is 0 Å². The van der Waals surface area contributed by atoms with E-state index in [4.69, 9.17) is 36.4 Å². The number of hydrogen-bond acceptors (Lipinski definition) is 7. The molecule has 0 unspecified atom stereocenters. The van der Waals surface area contributed by atoms with Gasteiger partial charge in [0.1, 0.15) is 12.5 Å². The number of aliphatic hydroxyl groups is 2. The lowest BCUT2D eigenvalue weighted by Gasteiger charge is -2.12. The van der Waals surface area contributed by atoms with Crippen LogP contribution in [0.4, 0.5) is 0 Å². The number of rotatable bonds is 6. The topological polar surface area (TPSA) is 216 Å². The fraction of sp³-hybridized carbons (Fsp3) is 0.500. The Balaban J connectivity index is 0. The third kappa shape index (κ3) is 10.6. The fourth-order valence-corrected chi connectivity index (χ4v) is 0.562. The van der Waals surface area contributed by atoms with Gasteiger partial charge < -0.3 is 36.4 Å². The highest BCUT2D eigenvalue weighted by molar-refractivity contribution is 5.81. The molecule has 0 aromatic carbocycles. The minimum absolute atomic E-state index is 0.532. The van der Waals surface area contributed by atoms with Gasteiger partial charge in [-0.3, -0.25) is 14.4 Å². The summed E-state index contributed by atoms with van der Waals surface area (Å²) in [4.78, 5) is 39.1. The molecule has 0 spiro atoms. The summed E-state index contributed by atoms with van der Waals surface area (Å²) in [6.45, 7) is 0. The van der Waals surface area contributed by atoms with E-state index in [2.05, 4.69) is 0 Å². The molecule has 0 aromatic heterocycles. The summed E-state index contributed by atoms with van der Waals surface area (Å²) < 4.78 is 0. The smallest absolute Gasteiger partial charge is 0.364 e. The number of aliphatic carboxylic acids is 4. The highest BCUT2D eigenvalue weighted by Crippen LogP contribution is 2.04. The van der Waals surface area contributed by atoms with Crippen molar-refractivity contribution in [2.45, 2.75) is 24.7 Å². The van der Waals surface area contributed by atoms with Crippen LogP contribution >= 0.6 is 0 Å². The first-order valence-corrected chi connectivity index (χ1v) is 4.50. The van der Waals surface area contributed by atoms with Crippen LogP contribution in [0.15, 0.2) is 0 Å². The third-order valence-corrected chi connectivity index (χ3v) is 1.45. The minimum atomic E-state index is -3.16. The summed E-state index contributed by atoms with van der Waals surface area (Å²) in [5.41, 5.74) is 4.84. The van der Waals surface area contributed by atoms with Crippen LogP contribution in [-0.4, -0.2) is 66.3 Å². The average Bonchev–Trinajstić information content (AvgIpc) is 2.14. The molecular weight excluding hydrogens is 270 g/mol. The second kappa shape index (κ2) is 7.97. The van der Waals surface area contributed by atoms with E-state index in [1.807, 2.05) is 0 Å². The van der Waals surface area contributed by atoms with Gasteiger partial charge in [-0.2, -0.15) is 0 Å². The predicted octanol–water partition coefficient (Wildman–Crippen LogP) is -2.90.